The molecule has 222 valence electrons. The number of aliphatic imine (C=N–C) groups is 1. The number of hydrogen-bond acceptors (Lipinski definition) is 10. The van der Waals surface area contributed by atoms with Gasteiger partial charge in [0, 0.05) is 5.56 Å². The Morgan fingerprint density at radius 2 is 1.88 bits per heavy atom. The quantitative estimate of drug-likeness (QED) is 0.156. The highest BCUT2D eigenvalue weighted by Crippen LogP contribution is 2.43. The maximum Gasteiger partial charge on any atom is 0.346 e. The van der Waals surface area contributed by atoms with Crippen LogP contribution in [0, 0.1) is 0 Å². The van der Waals surface area contributed by atoms with Gasteiger partial charge in [-0.25, -0.2) is 9.57 Å². The van der Waals surface area contributed by atoms with Gasteiger partial charge < -0.3 is 36.6 Å². The molecule has 0 aromatic heterocycles. The lowest BCUT2D eigenvalue weighted by atomic mass is 9.79. The number of carbonyl (C=O) groups excluding carboxylic acids is 2. The van der Waals surface area contributed by atoms with Crippen molar-refractivity contribution >= 4 is 35.3 Å². The minimum atomic E-state index is -2.61. The molecule has 4 aliphatic rings. The predicted octanol–water partition coefficient (Wildman–Crippen LogP) is -1.10. The minimum Gasteiger partial charge on any atom is -0.492 e. The van der Waals surface area contributed by atoms with Crippen molar-refractivity contribution in [3.05, 3.63) is 64.2 Å². The maximum atomic E-state index is 13.6. The summed E-state index contributed by atoms with van der Waals surface area (Å²) in [6.07, 6.45) is 0.804. The maximum absolute atomic E-state index is 13.6. The number of nitrogens with two attached hydrogens (primary N) is 2. The smallest absolute Gasteiger partial charge is 0.346 e. The highest BCUT2D eigenvalue weighted by Gasteiger charge is 2.75. The van der Waals surface area contributed by atoms with Crippen molar-refractivity contribution in [1.82, 2.24) is 21.3 Å². The molecule has 10 N–H and O–H groups in total. The van der Waals surface area contributed by atoms with Gasteiger partial charge in [0.15, 0.2) is 5.96 Å². The zero-order chi connectivity index (χ0) is 30.0. The third kappa shape index (κ3) is 4.14. The van der Waals surface area contributed by atoms with Crippen LogP contribution in [0.1, 0.15) is 46.5 Å². The lowest BCUT2D eigenvalue weighted by Crippen LogP contribution is -2.79. The number of nitrogens with one attached hydrogen (secondary N) is 4. The molecule has 42 heavy (non-hydrogen) atoms. The molecule has 13 nitrogen and oxygen atoms in total. The van der Waals surface area contributed by atoms with Crippen LogP contribution >= 0.6 is 11.6 Å². The minimum absolute atomic E-state index is 0.000143. The lowest BCUT2D eigenvalue weighted by molar-refractivity contribution is -0.623. The second kappa shape index (κ2) is 9.75. The number of nitrogens with zero attached hydrogens (tertiary/aromatic N) is 2. The molecule has 1 spiro atoms. The van der Waals surface area contributed by atoms with Gasteiger partial charge in [0.05, 0.1) is 35.8 Å². The zero-order valence-corrected chi connectivity index (χ0v) is 23.9. The summed E-state index contributed by atoms with van der Waals surface area (Å²) in [6.45, 7) is 4.56. The second-order valence-corrected chi connectivity index (χ2v) is 12.1. The molecular weight excluding hydrogens is 564 g/mol. The SMILES string of the molecule is CC1(C)CCOc2c(C(=O)NC3C[N+]4=C(N)N[C@@H](CNC(=O)c5ccccc5Cl)[C@@H]5N=C(N)N[C@@]54C3(O)O)cccc21. The van der Waals surface area contributed by atoms with Crippen LogP contribution in [0.3, 0.4) is 0 Å². The standard InChI is InChI=1S/C28H33ClN8O5/c1-26(2)10-11-42-20-15(7-5-8-16(20)26)23(39)34-19-13-37-25(31)33-18(12-32-22(38)14-6-3-4-9-17(14)29)21-27(37,28(19,40)41)36-24(30)35-21/h3-9,18-19,21,40-41H,10-13H2,1-2H3,(H7,30,31,32,33,34,35,36,38,39)/p+1/t18-,19?,21-,27-/m0/s1. The van der Waals surface area contributed by atoms with Gasteiger partial charge >= 0.3 is 5.96 Å². The first kappa shape index (κ1) is 28.1. The van der Waals surface area contributed by atoms with Crippen molar-refractivity contribution in [2.24, 2.45) is 16.5 Å². The van der Waals surface area contributed by atoms with E-state index < -0.39 is 41.4 Å². The number of carbonyl (C=O) groups is 2. The average Bonchev–Trinajstić information content (AvgIpc) is 3.41. The molecule has 1 fully saturated rings. The summed E-state index contributed by atoms with van der Waals surface area (Å²) in [7, 11) is 0. The van der Waals surface area contributed by atoms with E-state index in [1.165, 1.54) is 4.58 Å². The molecule has 2 aromatic carbocycles. The first-order valence-corrected chi connectivity index (χ1v) is 14.1. The monoisotopic (exact) mass is 597 g/mol. The van der Waals surface area contributed by atoms with Crippen molar-refractivity contribution in [2.75, 3.05) is 19.7 Å². The van der Waals surface area contributed by atoms with E-state index in [1.807, 2.05) is 6.07 Å². The number of para-hydroxylation sites is 1. The Kier molecular flexibility index (Phi) is 6.52. The number of aliphatic hydroxyl groups is 2. The van der Waals surface area contributed by atoms with Crippen LogP contribution < -0.4 is 37.5 Å². The van der Waals surface area contributed by atoms with Crippen LogP contribution in [-0.2, 0) is 5.41 Å². The van der Waals surface area contributed by atoms with E-state index in [-0.39, 0.29) is 41.0 Å². The van der Waals surface area contributed by atoms with Crippen LogP contribution in [0.4, 0.5) is 0 Å². The van der Waals surface area contributed by atoms with Gasteiger partial charge in [0.25, 0.3) is 11.8 Å². The molecule has 6 rings (SSSR count). The van der Waals surface area contributed by atoms with E-state index in [2.05, 4.69) is 40.1 Å². The first-order valence-electron chi connectivity index (χ1n) is 13.7. The molecule has 2 aromatic rings. The molecule has 2 amide bonds. The second-order valence-electron chi connectivity index (χ2n) is 11.7. The van der Waals surface area contributed by atoms with Gasteiger partial charge in [-0.15, -0.1) is 0 Å². The Morgan fingerprint density at radius 3 is 2.64 bits per heavy atom. The fourth-order valence-electron chi connectivity index (χ4n) is 6.45. The van der Waals surface area contributed by atoms with Crippen LogP contribution in [0.2, 0.25) is 5.02 Å². The summed E-state index contributed by atoms with van der Waals surface area (Å²) in [4.78, 5) is 30.9. The predicted molar refractivity (Wildman–Crippen MR) is 154 cm³/mol. The Bertz CT molecular complexity index is 1540. The van der Waals surface area contributed by atoms with Gasteiger partial charge in [-0.2, -0.15) is 0 Å². The van der Waals surface area contributed by atoms with Gasteiger partial charge in [0.2, 0.25) is 11.4 Å². The molecule has 0 radical (unpaired) electrons. The van der Waals surface area contributed by atoms with E-state index in [4.69, 9.17) is 27.8 Å². The van der Waals surface area contributed by atoms with Crippen molar-refractivity contribution in [1.29, 1.82) is 0 Å². The van der Waals surface area contributed by atoms with Crippen molar-refractivity contribution < 1.29 is 29.1 Å². The molecule has 0 saturated carbocycles. The first-order chi connectivity index (χ1) is 19.9. The van der Waals surface area contributed by atoms with Crippen molar-refractivity contribution in [3.8, 4) is 5.75 Å². The third-order valence-corrected chi connectivity index (χ3v) is 9.07. The van der Waals surface area contributed by atoms with E-state index in [0.717, 1.165) is 12.0 Å². The van der Waals surface area contributed by atoms with Crippen molar-refractivity contribution in [3.63, 3.8) is 0 Å². The lowest BCUT2D eigenvalue weighted by Gasteiger charge is -2.43. The fraction of sp³-hybridized carbons (Fsp3) is 0.429. The van der Waals surface area contributed by atoms with Crippen LogP contribution in [0.15, 0.2) is 47.5 Å². The van der Waals surface area contributed by atoms with Gasteiger partial charge in [-0.3, -0.25) is 20.6 Å². The van der Waals surface area contributed by atoms with E-state index in [9.17, 15) is 19.8 Å². The Balaban J connectivity index is 1.27. The highest BCUT2D eigenvalue weighted by atomic mass is 35.5. The number of hydrogen-bond donors (Lipinski definition) is 8. The number of guanidine groups is 2. The Labute approximate surface area is 247 Å². The number of benzene rings is 2. The molecule has 1 unspecified atom stereocenters. The molecule has 0 bridgehead atoms. The Morgan fingerprint density at radius 1 is 1.14 bits per heavy atom. The summed E-state index contributed by atoms with van der Waals surface area (Å²) in [5, 5.41) is 35.4. The summed E-state index contributed by atoms with van der Waals surface area (Å²) < 4.78 is 7.40. The molecule has 4 atom stereocenters. The number of halogens is 1. The van der Waals surface area contributed by atoms with Crippen molar-refractivity contribution in [2.45, 2.75) is 55.3 Å². The summed E-state index contributed by atoms with van der Waals surface area (Å²) in [6, 6.07) is 9.12. The highest BCUT2D eigenvalue weighted by molar-refractivity contribution is 6.33. The summed E-state index contributed by atoms with van der Waals surface area (Å²) in [5.41, 5.74) is 12.1. The topological polar surface area (TPSA) is 199 Å². The van der Waals surface area contributed by atoms with E-state index in [0.29, 0.717) is 17.9 Å². The number of rotatable bonds is 5. The fourth-order valence-corrected chi connectivity index (χ4v) is 6.67. The average molecular weight is 598 g/mol. The number of ether oxygens (including phenoxy) is 1. The van der Waals surface area contributed by atoms with Gasteiger partial charge in [-0.05, 0) is 30.0 Å². The molecule has 4 heterocycles. The summed E-state index contributed by atoms with van der Waals surface area (Å²) in [5.74, 6) is -3.04. The van der Waals surface area contributed by atoms with E-state index in [1.54, 1.807) is 36.4 Å². The molecule has 1 saturated heterocycles. The Hall–Kier alpha value is -4.07. The largest absolute Gasteiger partial charge is 0.492 e. The van der Waals surface area contributed by atoms with Crippen LogP contribution in [0.5, 0.6) is 5.75 Å². The number of fused-ring (bicyclic) bond motifs is 1. The molecule has 14 heteroatoms. The normalized spacial score (nSPS) is 28.2. The molecule has 0 aliphatic carbocycles. The molecule has 4 aliphatic heterocycles. The van der Waals surface area contributed by atoms with E-state index >= 15 is 0 Å². The number of amides is 2. The van der Waals surface area contributed by atoms with Crippen LogP contribution in [0.25, 0.3) is 0 Å². The summed E-state index contributed by atoms with van der Waals surface area (Å²) >= 11 is 6.17. The van der Waals surface area contributed by atoms with Gasteiger partial charge in [0.1, 0.15) is 23.9 Å². The van der Waals surface area contributed by atoms with Crippen LogP contribution in [-0.4, -0.2) is 87.8 Å². The third-order valence-electron chi connectivity index (χ3n) is 8.74. The molecular formula is C28H34ClN8O5+. The zero-order valence-electron chi connectivity index (χ0n) is 23.1. The van der Waals surface area contributed by atoms with Gasteiger partial charge in [-0.1, -0.05) is 49.7 Å².